The fourth-order valence-electron chi connectivity index (χ4n) is 2.63. The Morgan fingerprint density at radius 1 is 1.08 bits per heavy atom. The van der Waals surface area contributed by atoms with Gasteiger partial charge in [0.2, 0.25) is 0 Å². The normalized spacial score (nSPS) is 11.8. The van der Waals surface area contributed by atoms with Crippen molar-refractivity contribution in [3.05, 3.63) is 59.7 Å². The van der Waals surface area contributed by atoms with Crippen LogP contribution in [0, 0.1) is 0 Å². The van der Waals surface area contributed by atoms with Crippen molar-refractivity contribution >= 4 is 11.7 Å². The summed E-state index contributed by atoms with van der Waals surface area (Å²) in [7, 11) is 0. The highest BCUT2D eigenvalue weighted by atomic mass is 16.5. The molecule has 5 nitrogen and oxygen atoms in total. The Kier molecular flexibility index (Phi) is 7.96. The van der Waals surface area contributed by atoms with Crippen molar-refractivity contribution in [1.82, 2.24) is 5.32 Å². The molecule has 2 rings (SSSR count). The van der Waals surface area contributed by atoms with Gasteiger partial charge in [-0.05, 0) is 48.7 Å². The summed E-state index contributed by atoms with van der Waals surface area (Å²) in [5.74, 6) is 0.926. The molecule has 0 radical (unpaired) electrons. The summed E-state index contributed by atoms with van der Waals surface area (Å²) in [5.41, 5.74) is 8.17. The molecule has 0 fully saturated rings. The van der Waals surface area contributed by atoms with E-state index < -0.39 is 6.03 Å². The molecule has 0 spiro atoms. The van der Waals surface area contributed by atoms with Crippen molar-refractivity contribution in [3.63, 3.8) is 0 Å². The molecule has 2 amide bonds. The van der Waals surface area contributed by atoms with E-state index in [2.05, 4.69) is 36.6 Å². The van der Waals surface area contributed by atoms with E-state index in [4.69, 9.17) is 10.5 Å². The molecule has 0 bridgehead atoms. The number of benzene rings is 2. The lowest BCUT2D eigenvalue weighted by Crippen LogP contribution is -2.20. The van der Waals surface area contributed by atoms with E-state index in [1.165, 1.54) is 18.4 Å². The summed E-state index contributed by atoms with van der Waals surface area (Å²) in [6, 6.07) is 15.5. The number of hydrogen-bond donors (Lipinski definition) is 3. The van der Waals surface area contributed by atoms with Gasteiger partial charge in [-0.2, -0.15) is 0 Å². The van der Waals surface area contributed by atoms with Gasteiger partial charge in [-0.15, -0.1) is 0 Å². The number of anilines is 1. The van der Waals surface area contributed by atoms with Gasteiger partial charge in [-0.25, -0.2) is 4.79 Å². The van der Waals surface area contributed by atoms with Crippen LogP contribution in [0.3, 0.4) is 0 Å². The molecule has 1 unspecified atom stereocenters. The molecule has 2 aromatic carbocycles. The minimum absolute atomic E-state index is 0.197. The standard InChI is InChI=1S/C21H29N3O2/c1-3-4-5-14-26-20-12-6-17(7-13-20)15-23-16(2)18-8-10-19(11-9-18)24-21(22)25/h6-13,16,23H,3-5,14-15H2,1-2H3,(H3,22,24,25). The second-order valence-electron chi connectivity index (χ2n) is 6.41. The summed E-state index contributed by atoms with van der Waals surface area (Å²) in [6.45, 7) is 5.86. The monoisotopic (exact) mass is 355 g/mol. The van der Waals surface area contributed by atoms with Crippen molar-refractivity contribution in [2.24, 2.45) is 5.73 Å². The van der Waals surface area contributed by atoms with E-state index in [9.17, 15) is 4.79 Å². The number of rotatable bonds is 10. The van der Waals surface area contributed by atoms with Crippen molar-refractivity contribution in [1.29, 1.82) is 0 Å². The van der Waals surface area contributed by atoms with Gasteiger partial charge in [0.25, 0.3) is 0 Å². The lowest BCUT2D eigenvalue weighted by Gasteiger charge is -2.15. The number of hydrogen-bond acceptors (Lipinski definition) is 3. The van der Waals surface area contributed by atoms with Crippen LogP contribution in [0.4, 0.5) is 10.5 Å². The van der Waals surface area contributed by atoms with Gasteiger partial charge < -0.3 is 21.1 Å². The van der Waals surface area contributed by atoms with Crippen LogP contribution in [0.1, 0.15) is 50.3 Å². The highest BCUT2D eigenvalue weighted by Crippen LogP contribution is 2.18. The predicted octanol–water partition coefficient (Wildman–Crippen LogP) is 4.60. The second-order valence-corrected chi connectivity index (χ2v) is 6.41. The quantitative estimate of drug-likeness (QED) is 0.545. The van der Waals surface area contributed by atoms with Crippen LogP contribution in [0.15, 0.2) is 48.5 Å². The topological polar surface area (TPSA) is 76.4 Å². The third-order valence-electron chi connectivity index (χ3n) is 4.23. The maximum absolute atomic E-state index is 10.8. The number of carbonyl (C=O) groups excluding carboxylic acids is 1. The smallest absolute Gasteiger partial charge is 0.316 e. The number of nitrogens with one attached hydrogen (secondary N) is 2. The number of primary amides is 1. The molecule has 140 valence electrons. The van der Waals surface area contributed by atoms with Gasteiger partial charge in [0.15, 0.2) is 0 Å². The van der Waals surface area contributed by atoms with Crippen LogP contribution in [-0.2, 0) is 6.54 Å². The summed E-state index contributed by atoms with van der Waals surface area (Å²) >= 11 is 0. The molecular formula is C21H29N3O2. The Balaban J connectivity index is 1.79. The zero-order valence-electron chi connectivity index (χ0n) is 15.6. The largest absolute Gasteiger partial charge is 0.494 e. The fourth-order valence-corrected chi connectivity index (χ4v) is 2.63. The van der Waals surface area contributed by atoms with Gasteiger partial charge in [0.1, 0.15) is 5.75 Å². The lowest BCUT2D eigenvalue weighted by atomic mass is 10.1. The number of unbranched alkanes of at least 4 members (excludes halogenated alkanes) is 2. The van der Waals surface area contributed by atoms with E-state index in [1.54, 1.807) is 0 Å². The molecule has 4 N–H and O–H groups in total. The number of nitrogens with two attached hydrogens (primary N) is 1. The van der Waals surface area contributed by atoms with E-state index >= 15 is 0 Å². The summed E-state index contributed by atoms with van der Waals surface area (Å²) < 4.78 is 5.74. The molecular weight excluding hydrogens is 326 g/mol. The maximum atomic E-state index is 10.8. The van der Waals surface area contributed by atoms with Gasteiger partial charge in [-0.3, -0.25) is 0 Å². The molecule has 5 heteroatoms. The van der Waals surface area contributed by atoms with Gasteiger partial charge >= 0.3 is 6.03 Å². The third-order valence-corrected chi connectivity index (χ3v) is 4.23. The van der Waals surface area contributed by atoms with E-state index in [-0.39, 0.29) is 6.04 Å². The van der Waals surface area contributed by atoms with Gasteiger partial charge in [0.05, 0.1) is 6.61 Å². The number of ether oxygens (including phenoxy) is 1. The van der Waals surface area contributed by atoms with Crippen molar-refractivity contribution in [2.75, 3.05) is 11.9 Å². The Morgan fingerprint density at radius 2 is 1.77 bits per heavy atom. The Morgan fingerprint density at radius 3 is 2.38 bits per heavy atom. The molecule has 0 aliphatic carbocycles. The van der Waals surface area contributed by atoms with E-state index in [0.717, 1.165) is 30.9 Å². The Bertz CT molecular complexity index is 669. The summed E-state index contributed by atoms with van der Waals surface area (Å²) in [4.78, 5) is 10.8. The van der Waals surface area contributed by atoms with Crippen molar-refractivity contribution in [3.8, 4) is 5.75 Å². The van der Waals surface area contributed by atoms with Crippen LogP contribution in [0.2, 0.25) is 0 Å². The first-order chi connectivity index (χ1) is 12.6. The Hall–Kier alpha value is -2.53. The zero-order chi connectivity index (χ0) is 18.8. The first-order valence-electron chi connectivity index (χ1n) is 9.20. The molecule has 1 atom stereocenters. The zero-order valence-corrected chi connectivity index (χ0v) is 15.6. The molecule has 0 aliphatic rings. The van der Waals surface area contributed by atoms with Crippen molar-refractivity contribution < 1.29 is 9.53 Å². The first kappa shape index (κ1) is 19.8. The minimum Gasteiger partial charge on any atom is -0.494 e. The molecule has 26 heavy (non-hydrogen) atoms. The van der Waals surface area contributed by atoms with E-state index in [1.807, 2.05) is 36.4 Å². The van der Waals surface area contributed by atoms with Crippen LogP contribution >= 0.6 is 0 Å². The molecule has 0 aromatic heterocycles. The third kappa shape index (κ3) is 6.76. The molecule has 0 heterocycles. The number of carbonyl (C=O) groups is 1. The molecule has 0 saturated heterocycles. The molecule has 2 aromatic rings. The average Bonchev–Trinajstić information content (AvgIpc) is 2.64. The minimum atomic E-state index is -0.554. The number of urea groups is 1. The fraction of sp³-hybridized carbons (Fsp3) is 0.381. The SMILES string of the molecule is CCCCCOc1ccc(CNC(C)c2ccc(NC(N)=O)cc2)cc1. The molecule has 0 saturated carbocycles. The van der Waals surface area contributed by atoms with Crippen LogP contribution in [0.5, 0.6) is 5.75 Å². The van der Waals surface area contributed by atoms with E-state index in [0.29, 0.717) is 5.69 Å². The summed E-state index contributed by atoms with van der Waals surface area (Å²) in [5, 5.41) is 6.06. The Labute approximate surface area is 155 Å². The van der Waals surface area contributed by atoms with Crippen LogP contribution in [0.25, 0.3) is 0 Å². The highest BCUT2D eigenvalue weighted by Gasteiger charge is 2.06. The number of amides is 2. The first-order valence-corrected chi connectivity index (χ1v) is 9.20. The highest BCUT2D eigenvalue weighted by molar-refractivity contribution is 5.87. The predicted molar refractivity (Wildman–Crippen MR) is 106 cm³/mol. The van der Waals surface area contributed by atoms with Gasteiger partial charge in [0, 0.05) is 18.3 Å². The van der Waals surface area contributed by atoms with Crippen LogP contribution < -0.4 is 21.1 Å². The lowest BCUT2D eigenvalue weighted by molar-refractivity contribution is 0.259. The summed E-state index contributed by atoms with van der Waals surface area (Å²) in [6.07, 6.45) is 3.51. The van der Waals surface area contributed by atoms with Crippen LogP contribution in [-0.4, -0.2) is 12.6 Å². The second kappa shape index (κ2) is 10.5. The van der Waals surface area contributed by atoms with Crippen molar-refractivity contribution in [2.45, 2.75) is 45.7 Å². The average molecular weight is 355 g/mol. The van der Waals surface area contributed by atoms with Gasteiger partial charge in [-0.1, -0.05) is 44.0 Å². The molecule has 0 aliphatic heterocycles. The maximum Gasteiger partial charge on any atom is 0.316 e.